The number of likely N-dealkylation sites (tertiary alicyclic amines) is 1. The largest absolute Gasteiger partial charge is 0.444 e. The van der Waals surface area contributed by atoms with E-state index in [-0.39, 0.29) is 58.5 Å². The quantitative estimate of drug-likeness (QED) is 0.308. The first kappa shape index (κ1) is 33.1. The van der Waals surface area contributed by atoms with Gasteiger partial charge in [0.1, 0.15) is 17.2 Å². The van der Waals surface area contributed by atoms with Gasteiger partial charge in [0.25, 0.3) is 0 Å². The van der Waals surface area contributed by atoms with Crippen LogP contribution in [0.3, 0.4) is 0 Å². The first-order chi connectivity index (χ1) is 22.0. The zero-order chi connectivity index (χ0) is 34.0. The van der Waals surface area contributed by atoms with Crippen LogP contribution in [-0.2, 0) is 22.3 Å². The average molecular weight is 676 g/mol. The second-order valence-corrected chi connectivity index (χ2v) is 14.5. The van der Waals surface area contributed by atoms with Gasteiger partial charge < -0.3 is 14.5 Å². The van der Waals surface area contributed by atoms with E-state index in [1.165, 1.54) is 28.5 Å². The number of thioether (sulfide) groups is 1. The Morgan fingerprint density at radius 2 is 1.68 bits per heavy atom. The highest BCUT2D eigenvalue weighted by Crippen LogP contribution is 2.48. The number of hydrogen-bond donors (Lipinski definition) is 0. The Labute approximate surface area is 273 Å². The first-order valence-electron chi connectivity index (χ1n) is 15.7. The smallest absolute Gasteiger partial charge is 0.417 e. The molecule has 6 rings (SSSR count). The van der Waals surface area contributed by atoms with Crippen LogP contribution in [0.5, 0.6) is 0 Å². The number of alkyl halides is 3. The van der Waals surface area contributed by atoms with Gasteiger partial charge in [-0.25, -0.2) is 14.0 Å². The fourth-order valence-corrected chi connectivity index (χ4v) is 8.30. The fourth-order valence-electron chi connectivity index (χ4n) is 6.93. The standard InChI is InChI=1S/C33H37F4N5O4S/c1-18-14-39(15-19(2)42(18)31(45)46-32(3,4)5)29-23-13-24(33(35,36)37)26(20-8-10-21(34)11-9-20)28-27(23)41(30(44)38-29)16-22(17-47-28)40-12-6-7-25(40)43/h8-11,13,18-19,22H,6-7,12,14-17H2,1-5H3/t18-,19+,22-/m0/s1. The molecule has 47 heavy (non-hydrogen) atoms. The van der Waals surface area contributed by atoms with Gasteiger partial charge in [-0.2, -0.15) is 18.2 Å². The minimum absolute atomic E-state index is 0.0593. The number of rotatable bonds is 3. The number of benzene rings is 2. The lowest BCUT2D eigenvalue weighted by molar-refractivity contribution is -0.137. The molecule has 4 heterocycles. The van der Waals surface area contributed by atoms with Crippen LogP contribution in [0.1, 0.15) is 53.0 Å². The van der Waals surface area contributed by atoms with Gasteiger partial charge >= 0.3 is 18.0 Å². The highest BCUT2D eigenvalue weighted by Gasteiger charge is 2.41. The van der Waals surface area contributed by atoms with E-state index < -0.39 is 53.1 Å². The molecule has 2 aromatic carbocycles. The maximum Gasteiger partial charge on any atom is 0.417 e. The van der Waals surface area contributed by atoms with Crippen molar-refractivity contribution in [2.45, 2.75) is 88.8 Å². The van der Waals surface area contributed by atoms with Crippen molar-refractivity contribution in [2.24, 2.45) is 0 Å². The van der Waals surface area contributed by atoms with Crippen molar-refractivity contribution < 1.29 is 31.9 Å². The summed E-state index contributed by atoms with van der Waals surface area (Å²) < 4.78 is 66.0. The van der Waals surface area contributed by atoms with Crippen LogP contribution < -0.4 is 10.6 Å². The van der Waals surface area contributed by atoms with Gasteiger partial charge in [0.2, 0.25) is 5.91 Å². The Morgan fingerprint density at radius 3 is 2.26 bits per heavy atom. The van der Waals surface area contributed by atoms with E-state index in [2.05, 4.69) is 4.98 Å². The molecule has 0 aliphatic carbocycles. The van der Waals surface area contributed by atoms with Crippen molar-refractivity contribution in [3.05, 3.63) is 52.2 Å². The minimum atomic E-state index is -4.81. The molecule has 2 amide bonds. The minimum Gasteiger partial charge on any atom is -0.444 e. The Morgan fingerprint density at radius 1 is 1.02 bits per heavy atom. The van der Waals surface area contributed by atoms with Crippen molar-refractivity contribution in [3.8, 4) is 11.1 Å². The number of carbonyl (C=O) groups excluding carboxylic acids is 2. The van der Waals surface area contributed by atoms with Crippen LogP contribution in [0.25, 0.3) is 22.0 Å². The van der Waals surface area contributed by atoms with E-state index in [1.54, 1.807) is 35.5 Å². The van der Waals surface area contributed by atoms with Crippen LogP contribution in [0.15, 0.2) is 40.0 Å². The molecular weight excluding hydrogens is 638 g/mol. The van der Waals surface area contributed by atoms with Gasteiger partial charge in [-0.1, -0.05) is 12.1 Å². The highest BCUT2D eigenvalue weighted by molar-refractivity contribution is 7.99. The molecular formula is C33H37F4N5O4S. The second-order valence-electron chi connectivity index (χ2n) is 13.5. The summed E-state index contributed by atoms with van der Waals surface area (Å²) >= 11 is 1.17. The maximum atomic E-state index is 15.0. The molecule has 3 aromatic rings. The van der Waals surface area contributed by atoms with Gasteiger partial charge in [-0.05, 0) is 64.8 Å². The number of nitrogens with zero attached hydrogens (tertiary/aromatic N) is 5. The third-order valence-electron chi connectivity index (χ3n) is 8.82. The molecule has 3 aliphatic heterocycles. The van der Waals surface area contributed by atoms with Crippen molar-refractivity contribution in [1.82, 2.24) is 19.4 Å². The molecule has 0 unspecified atom stereocenters. The van der Waals surface area contributed by atoms with Gasteiger partial charge in [0.15, 0.2) is 0 Å². The van der Waals surface area contributed by atoms with Crippen molar-refractivity contribution in [2.75, 3.05) is 30.3 Å². The molecule has 0 N–H and O–H groups in total. The summed E-state index contributed by atoms with van der Waals surface area (Å²) in [6.45, 7) is 9.91. The summed E-state index contributed by atoms with van der Waals surface area (Å²) in [7, 11) is 0. The van der Waals surface area contributed by atoms with Crippen LogP contribution in [0, 0.1) is 5.82 Å². The number of anilines is 1. The number of hydrogen-bond acceptors (Lipinski definition) is 7. The number of aromatic nitrogens is 2. The van der Waals surface area contributed by atoms with E-state index in [0.717, 1.165) is 18.2 Å². The number of carbonyl (C=O) groups is 2. The Kier molecular flexibility index (Phi) is 8.46. The Bertz CT molecular complexity index is 1780. The molecule has 0 spiro atoms. The summed E-state index contributed by atoms with van der Waals surface area (Å²) in [6.07, 6.45) is -4.26. The lowest BCUT2D eigenvalue weighted by Crippen LogP contribution is -2.59. The first-order valence-corrected chi connectivity index (χ1v) is 16.6. The Hall–Kier alpha value is -3.81. The van der Waals surface area contributed by atoms with E-state index in [4.69, 9.17) is 4.74 Å². The predicted octanol–water partition coefficient (Wildman–Crippen LogP) is 6.15. The van der Waals surface area contributed by atoms with E-state index in [9.17, 15) is 18.8 Å². The molecule has 0 bridgehead atoms. The van der Waals surface area contributed by atoms with Crippen LogP contribution in [0.2, 0.25) is 0 Å². The topological polar surface area (TPSA) is 88.0 Å². The van der Waals surface area contributed by atoms with Gasteiger partial charge in [-0.15, -0.1) is 11.8 Å². The summed E-state index contributed by atoms with van der Waals surface area (Å²) in [5.41, 5.74) is -2.00. The van der Waals surface area contributed by atoms with Crippen molar-refractivity contribution >= 4 is 40.5 Å². The average Bonchev–Trinajstić information content (AvgIpc) is 3.29. The molecule has 0 saturated carbocycles. The molecule has 0 radical (unpaired) electrons. The SMILES string of the molecule is C[C@@H]1CN(c2nc(=O)n3c4c(c(-c5ccc(F)cc5)c(C(F)(F)F)cc24)SC[C@@H](N2CCCC2=O)C3)C[C@H](C)N1C(=O)OC(C)(C)C. The van der Waals surface area contributed by atoms with E-state index in [1.807, 2.05) is 13.8 Å². The van der Waals surface area contributed by atoms with Gasteiger partial charge in [0, 0.05) is 54.2 Å². The van der Waals surface area contributed by atoms with Gasteiger partial charge in [0.05, 0.1) is 29.2 Å². The zero-order valence-corrected chi connectivity index (χ0v) is 27.7. The zero-order valence-electron chi connectivity index (χ0n) is 26.9. The molecule has 2 saturated heterocycles. The highest BCUT2D eigenvalue weighted by atomic mass is 32.2. The molecule has 3 aliphatic rings. The fraction of sp³-hybridized carbons (Fsp3) is 0.515. The second kappa shape index (κ2) is 12.0. The predicted molar refractivity (Wildman–Crippen MR) is 171 cm³/mol. The summed E-state index contributed by atoms with van der Waals surface area (Å²) in [4.78, 5) is 49.4. The normalized spacial score (nSPS) is 22.2. The van der Waals surface area contributed by atoms with Crippen LogP contribution in [0.4, 0.5) is 28.2 Å². The summed E-state index contributed by atoms with van der Waals surface area (Å²) in [6, 6.07) is 4.59. The molecule has 2 fully saturated rings. The van der Waals surface area contributed by atoms with E-state index in [0.29, 0.717) is 24.9 Å². The summed E-state index contributed by atoms with van der Waals surface area (Å²) in [5, 5.41) is 0.142. The lowest BCUT2D eigenvalue weighted by Gasteiger charge is -2.45. The van der Waals surface area contributed by atoms with Crippen LogP contribution in [-0.4, -0.2) is 80.5 Å². The number of ether oxygens (including phenoxy) is 1. The number of amides is 2. The third-order valence-corrected chi connectivity index (χ3v) is 10.1. The molecule has 14 heteroatoms. The number of piperazine rings is 1. The maximum absolute atomic E-state index is 15.0. The van der Waals surface area contributed by atoms with Gasteiger partial charge in [-0.3, -0.25) is 14.3 Å². The molecule has 1 aromatic heterocycles. The monoisotopic (exact) mass is 675 g/mol. The molecule has 252 valence electrons. The van der Waals surface area contributed by atoms with Crippen LogP contribution >= 0.6 is 11.8 Å². The van der Waals surface area contributed by atoms with Crippen molar-refractivity contribution in [3.63, 3.8) is 0 Å². The lowest BCUT2D eigenvalue weighted by atomic mass is 9.96. The van der Waals surface area contributed by atoms with E-state index >= 15 is 13.2 Å². The van der Waals surface area contributed by atoms with Crippen molar-refractivity contribution in [1.29, 1.82) is 0 Å². The third kappa shape index (κ3) is 6.28. The molecule has 9 nitrogen and oxygen atoms in total. The summed E-state index contributed by atoms with van der Waals surface area (Å²) in [5.74, 6) is -0.296. The Balaban J connectivity index is 1.55. The molecule has 3 atom stereocenters. The number of halogens is 4.